The molecule has 0 saturated carbocycles. The summed E-state index contributed by atoms with van der Waals surface area (Å²) >= 11 is 0. The molecule has 6 nitrogen and oxygen atoms in total. The van der Waals surface area contributed by atoms with Gasteiger partial charge in [-0.2, -0.15) is 0 Å². The fraction of sp³-hybridized carbons (Fsp3) is 0. The van der Waals surface area contributed by atoms with Gasteiger partial charge in [0.15, 0.2) is 0 Å². The number of nitrogen functional groups attached to an aromatic ring is 1. The molecular weight excluding hydrogens is 268 g/mol. The molecular formula is C15H12N4O2. The van der Waals surface area contributed by atoms with E-state index in [1.54, 1.807) is 30.3 Å². The molecule has 3 aromatic rings. The first-order valence-electron chi connectivity index (χ1n) is 6.28. The van der Waals surface area contributed by atoms with Crippen molar-refractivity contribution in [2.24, 2.45) is 0 Å². The second-order valence-electron chi connectivity index (χ2n) is 4.48. The lowest BCUT2D eigenvalue weighted by Gasteiger charge is -2.08. The van der Waals surface area contributed by atoms with Gasteiger partial charge in [-0.1, -0.05) is 18.2 Å². The molecule has 0 spiro atoms. The predicted octanol–water partition coefficient (Wildman–Crippen LogP) is 1.76. The van der Waals surface area contributed by atoms with Gasteiger partial charge in [-0.05, 0) is 18.2 Å². The van der Waals surface area contributed by atoms with Crippen LogP contribution in [0.4, 0.5) is 11.5 Å². The highest BCUT2D eigenvalue weighted by molar-refractivity contribution is 6.08. The molecule has 0 aliphatic rings. The lowest BCUT2D eigenvalue weighted by molar-refractivity contribution is 0.102. The Hall–Kier alpha value is -3.15. The molecule has 3 rings (SSSR count). The van der Waals surface area contributed by atoms with Gasteiger partial charge < -0.3 is 16.0 Å². The summed E-state index contributed by atoms with van der Waals surface area (Å²) in [5.74, 6) is -0.521. The third kappa shape index (κ3) is 2.34. The van der Waals surface area contributed by atoms with Crippen LogP contribution >= 0.6 is 0 Å². The highest BCUT2D eigenvalue weighted by atomic mass is 16.2. The van der Waals surface area contributed by atoms with Gasteiger partial charge in [0.2, 0.25) is 5.43 Å². The van der Waals surface area contributed by atoms with E-state index in [0.29, 0.717) is 16.6 Å². The second kappa shape index (κ2) is 5.09. The van der Waals surface area contributed by atoms with E-state index in [-0.39, 0.29) is 11.4 Å². The Morgan fingerprint density at radius 2 is 1.95 bits per heavy atom. The Kier molecular flexibility index (Phi) is 3.12. The Labute approximate surface area is 119 Å². The maximum Gasteiger partial charge on any atom is 0.263 e. The van der Waals surface area contributed by atoms with Gasteiger partial charge in [-0.3, -0.25) is 14.6 Å². The summed E-state index contributed by atoms with van der Waals surface area (Å²) in [4.78, 5) is 31.4. The van der Waals surface area contributed by atoms with Crippen LogP contribution in [0.3, 0.4) is 0 Å². The molecule has 2 aromatic heterocycles. The number of carbonyl (C=O) groups excluding carboxylic acids is 1. The normalized spacial score (nSPS) is 10.5. The average Bonchev–Trinajstić information content (AvgIpc) is 2.48. The number of nitrogens with two attached hydrogens (primary N) is 1. The zero-order valence-corrected chi connectivity index (χ0v) is 11.0. The van der Waals surface area contributed by atoms with Crippen LogP contribution in [0.25, 0.3) is 10.9 Å². The topological polar surface area (TPSA) is 101 Å². The monoisotopic (exact) mass is 280 g/mol. The number of aromatic nitrogens is 2. The number of benzene rings is 1. The minimum atomic E-state index is -0.543. The maximum absolute atomic E-state index is 12.4. The summed E-state index contributed by atoms with van der Waals surface area (Å²) in [7, 11) is 0. The van der Waals surface area contributed by atoms with Crippen molar-refractivity contribution < 1.29 is 4.79 Å². The van der Waals surface area contributed by atoms with Crippen LogP contribution in [-0.4, -0.2) is 15.9 Å². The number of rotatable bonds is 2. The van der Waals surface area contributed by atoms with E-state index in [1.807, 2.05) is 6.07 Å². The van der Waals surface area contributed by atoms with Crippen LogP contribution in [-0.2, 0) is 0 Å². The van der Waals surface area contributed by atoms with Crippen molar-refractivity contribution in [1.82, 2.24) is 9.97 Å². The number of nitrogens with one attached hydrogen (secondary N) is 2. The molecule has 0 bridgehead atoms. The number of aromatic amines is 1. The van der Waals surface area contributed by atoms with Crippen molar-refractivity contribution in [2.75, 3.05) is 11.1 Å². The molecule has 0 atom stereocenters. The fourth-order valence-electron chi connectivity index (χ4n) is 2.10. The van der Waals surface area contributed by atoms with Gasteiger partial charge in [0, 0.05) is 17.3 Å². The Morgan fingerprint density at radius 3 is 2.71 bits per heavy atom. The van der Waals surface area contributed by atoms with Crippen LogP contribution < -0.4 is 16.5 Å². The molecule has 2 heterocycles. The van der Waals surface area contributed by atoms with Crippen LogP contribution in [0, 0.1) is 0 Å². The lowest BCUT2D eigenvalue weighted by Crippen LogP contribution is -2.24. The van der Waals surface area contributed by atoms with Crippen molar-refractivity contribution in [3.63, 3.8) is 0 Å². The minimum absolute atomic E-state index is 0.0222. The van der Waals surface area contributed by atoms with Crippen molar-refractivity contribution in [3.8, 4) is 0 Å². The summed E-state index contributed by atoms with van der Waals surface area (Å²) in [6.45, 7) is 0. The molecule has 0 unspecified atom stereocenters. The van der Waals surface area contributed by atoms with E-state index >= 15 is 0 Å². The van der Waals surface area contributed by atoms with Gasteiger partial charge >= 0.3 is 0 Å². The third-order valence-electron chi connectivity index (χ3n) is 3.09. The first-order chi connectivity index (χ1) is 10.2. The van der Waals surface area contributed by atoms with E-state index in [1.165, 1.54) is 12.4 Å². The number of H-pyrrole nitrogens is 1. The minimum Gasteiger partial charge on any atom is -0.384 e. The van der Waals surface area contributed by atoms with E-state index < -0.39 is 11.3 Å². The standard InChI is InChI=1S/C15H12N4O2/c16-14-12(15(21)18-9-4-2-1-3-5-9)13(20)10-6-7-17-8-11(10)19-14/h1-8H,(H,18,21)(H3,16,19,20). The molecule has 104 valence electrons. The van der Waals surface area contributed by atoms with E-state index in [9.17, 15) is 9.59 Å². The number of nitrogens with zero attached hydrogens (tertiary/aromatic N) is 1. The third-order valence-corrected chi connectivity index (χ3v) is 3.09. The van der Waals surface area contributed by atoms with E-state index in [2.05, 4.69) is 15.3 Å². The fourth-order valence-corrected chi connectivity index (χ4v) is 2.10. The predicted molar refractivity (Wildman–Crippen MR) is 81.2 cm³/mol. The highest BCUT2D eigenvalue weighted by Crippen LogP contribution is 2.14. The Balaban J connectivity index is 2.08. The summed E-state index contributed by atoms with van der Waals surface area (Å²) < 4.78 is 0. The molecule has 0 radical (unpaired) electrons. The van der Waals surface area contributed by atoms with Crippen LogP contribution in [0.2, 0.25) is 0 Å². The quantitative estimate of drug-likeness (QED) is 0.665. The number of amides is 1. The first kappa shape index (κ1) is 12.9. The van der Waals surface area contributed by atoms with Gasteiger partial charge in [0.25, 0.3) is 5.91 Å². The van der Waals surface area contributed by atoms with Crippen LogP contribution in [0.15, 0.2) is 53.6 Å². The molecule has 4 N–H and O–H groups in total. The molecule has 21 heavy (non-hydrogen) atoms. The van der Waals surface area contributed by atoms with Gasteiger partial charge in [0.05, 0.1) is 11.7 Å². The number of anilines is 2. The molecule has 0 saturated heterocycles. The first-order valence-corrected chi connectivity index (χ1v) is 6.28. The summed E-state index contributed by atoms with van der Waals surface area (Å²) in [6.07, 6.45) is 2.98. The summed E-state index contributed by atoms with van der Waals surface area (Å²) in [5.41, 5.74) is 6.37. The lowest BCUT2D eigenvalue weighted by atomic mass is 10.1. The molecule has 0 aliphatic heterocycles. The number of carbonyl (C=O) groups is 1. The summed E-state index contributed by atoms with van der Waals surface area (Å²) in [6, 6.07) is 10.4. The number of hydrogen-bond acceptors (Lipinski definition) is 4. The van der Waals surface area contributed by atoms with E-state index in [4.69, 9.17) is 5.73 Å². The molecule has 0 fully saturated rings. The van der Waals surface area contributed by atoms with Crippen molar-refractivity contribution in [1.29, 1.82) is 0 Å². The largest absolute Gasteiger partial charge is 0.384 e. The zero-order chi connectivity index (χ0) is 14.8. The highest BCUT2D eigenvalue weighted by Gasteiger charge is 2.17. The van der Waals surface area contributed by atoms with Crippen LogP contribution in [0.1, 0.15) is 10.4 Å². The Morgan fingerprint density at radius 1 is 1.19 bits per heavy atom. The number of hydrogen-bond donors (Lipinski definition) is 3. The molecule has 1 amide bonds. The second-order valence-corrected chi connectivity index (χ2v) is 4.48. The van der Waals surface area contributed by atoms with Crippen molar-refractivity contribution in [3.05, 3.63) is 64.6 Å². The van der Waals surface area contributed by atoms with Gasteiger partial charge in [0.1, 0.15) is 11.4 Å². The van der Waals surface area contributed by atoms with Crippen molar-refractivity contribution in [2.45, 2.75) is 0 Å². The number of para-hydroxylation sites is 1. The van der Waals surface area contributed by atoms with Gasteiger partial charge in [-0.25, -0.2) is 0 Å². The SMILES string of the molecule is Nc1[nH]c2cnccc2c(=O)c1C(=O)Nc1ccccc1. The number of fused-ring (bicyclic) bond motifs is 1. The zero-order valence-electron chi connectivity index (χ0n) is 11.0. The molecule has 1 aromatic carbocycles. The molecule has 0 aliphatic carbocycles. The average molecular weight is 280 g/mol. The smallest absolute Gasteiger partial charge is 0.263 e. The Bertz CT molecular complexity index is 872. The number of pyridine rings is 2. The van der Waals surface area contributed by atoms with Crippen LogP contribution in [0.5, 0.6) is 0 Å². The van der Waals surface area contributed by atoms with Gasteiger partial charge in [-0.15, -0.1) is 0 Å². The summed E-state index contributed by atoms with van der Waals surface area (Å²) in [5, 5.41) is 3.02. The maximum atomic E-state index is 12.4. The van der Waals surface area contributed by atoms with E-state index in [0.717, 1.165) is 0 Å². The molecule has 6 heteroatoms. The van der Waals surface area contributed by atoms with Crippen molar-refractivity contribution >= 4 is 28.3 Å².